The van der Waals surface area contributed by atoms with Crippen LogP contribution in [0.25, 0.3) is 0 Å². The van der Waals surface area contributed by atoms with E-state index in [2.05, 4.69) is 16.0 Å². The van der Waals surface area contributed by atoms with E-state index in [4.69, 9.17) is 4.74 Å². The summed E-state index contributed by atoms with van der Waals surface area (Å²) in [6.45, 7) is 4.92. The molecule has 25 heavy (non-hydrogen) atoms. The van der Waals surface area contributed by atoms with Gasteiger partial charge in [-0.05, 0) is 51.6 Å². The van der Waals surface area contributed by atoms with Crippen molar-refractivity contribution in [3.8, 4) is 0 Å². The molecule has 1 saturated carbocycles. The molecule has 0 radical (unpaired) electrons. The van der Waals surface area contributed by atoms with E-state index in [1.807, 2.05) is 0 Å². The summed E-state index contributed by atoms with van der Waals surface area (Å²) in [6.07, 6.45) is 8.55. The number of nitrogens with one attached hydrogen (secondary N) is 3. The number of amides is 2. The van der Waals surface area contributed by atoms with E-state index < -0.39 is 6.04 Å². The summed E-state index contributed by atoms with van der Waals surface area (Å²) in [5, 5.41) is 9.24. The predicted octanol–water partition coefficient (Wildman–Crippen LogP) is 1.59. The van der Waals surface area contributed by atoms with E-state index in [9.17, 15) is 9.59 Å². The van der Waals surface area contributed by atoms with Crippen molar-refractivity contribution in [3.63, 3.8) is 0 Å². The molecule has 2 rings (SSSR count). The number of methoxy groups -OCH3 is 1. The van der Waals surface area contributed by atoms with Crippen LogP contribution in [-0.4, -0.2) is 51.2 Å². The van der Waals surface area contributed by atoms with E-state index in [0.717, 1.165) is 38.8 Å². The normalized spacial score (nSPS) is 22.2. The summed E-state index contributed by atoms with van der Waals surface area (Å²) < 4.78 is 5.38. The summed E-state index contributed by atoms with van der Waals surface area (Å²) in [6, 6.07) is -0.489. The fourth-order valence-electron chi connectivity index (χ4n) is 4.08. The molecule has 1 unspecified atom stereocenters. The van der Waals surface area contributed by atoms with Crippen LogP contribution in [0.5, 0.6) is 0 Å². The molecule has 0 aromatic carbocycles. The molecule has 6 heteroatoms. The molecule has 0 bridgehead atoms. The highest BCUT2D eigenvalue weighted by molar-refractivity contribution is 5.87. The van der Waals surface area contributed by atoms with Crippen LogP contribution in [-0.2, 0) is 14.3 Å². The molecular formula is C19H35N3O3. The first kappa shape index (κ1) is 20.2. The fraction of sp³-hybridized carbons (Fsp3) is 0.895. The minimum Gasteiger partial charge on any atom is -0.384 e. The molecule has 2 amide bonds. The Kier molecular flexibility index (Phi) is 8.16. The van der Waals surface area contributed by atoms with Gasteiger partial charge in [0.1, 0.15) is 6.04 Å². The summed E-state index contributed by atoms with van der Waals surface area (Å²) in [7, 11) is 1.71. The Morgan fingerprint density at radius 2 is 1.88 bits per heavy atom. The van der Waals surface area contributed by atoms with Crippen molar-refractivity contribution in [3.05, 3.63) is 0 Å². The van der Waals surface area contributed by atoms with Crippen LogP contribution >= 0.6 is 0 Å². The van der Waals surface area contributed by atoms with Crippen molar-refractivity contribution in [2.24, 2.45) is 11.3 Å². The second-order valence-electron chi connectivity index (χ2n) is 7.90. The van der Waals surface area contributed by atoms with Crippen molar-refractivity contribution in [2.75, 3.05) is 33.4 Å². The quantitative estimate of drug-likeness (QED) is 0.619. The van der Waals surface area contributed by atoms with Gasteiger partial charge < -0.3 is 20.7 Å². The van der Waals surface area contributed by atoms with Crippen LogP contribution < -0.4 is 16.0 Å². The molecule has 0 aromatic rings. The van der Waals surface area contributed by atoms with E-state index >= 15 is 0 Å². The standard InChI is InChI=1S/C19H35N3O3/c1-15(22-17(23)12-16-6-4-3-5-7-16)18(24)21-13-19(14-25-2)8-10-20-11-9-19/h15-16,20H,3-14H2,1-2H3,(H,21,24)(H,22,23). The molecule has 1 saturated heterocycles. The summed E-state index contributed by atoms with van der Waals surface area (Å²) in [4.78, 5) is 24.6. The fourth-order valence-corrected chi connectivity index (χ4v) is 4.08. The van der Waals surface area contributed by atoms with E-state index in [1.165, 1.54) is 19.3 Å². The van der Waals surface area contributed by atoms with Crippen molar-refractivity contribution < 1.29 is 14.3 Å². The Morgan fingerprint density at radius 3 is 2.52 bits per heavy atom. The van der Waals surface area contributed by atoms with E-state index in [0.29, 0.717) is 25.5 Å². The number of rotatable bonds is 8. The second kappa shape index (κ2) is 10.1. The van der Waals surface area contributed by atoms with Crippen molar-refractivity contribution in [1.82, 2.24) is 16.0 Å². The highest BCUT2D eigenvalue weighted by atomic mass is 16.5. The molecular weight excluding hydrogens is 318 g/mol. The number of piperidine rings is 1. The first-order valence-electron chi connectivity index (χ1n) is 9.81. The Morgan fingerprint density at radius 1 is 1.20 bits per heavy atom. The van der Waals surface area contributed by atoms with Gasteiger partial charge >= 0.3 is 0 Å². The third-order valence-electron chi connectivity index (χ3n) is 5.72. The maximum Gasteiger partial charge on any atom is 0.242 e. The molecule has 1 aliphatic heterocycles. The molecule has 0 aromatic heterocycles. The summed E-state index contributed by atoms with van der Waals surface area (Å²) >= 11 is 0. The zero-order valence-electron chi connectivity index (χ0n) is 15.9. The highest BCUT2D eigenvalue weighted by Gasteiger charge is 2.33. The molecule has 2 aliphatic rings. The lowest BCUT2D eigenvalue weighted by Crippen LogP contribution is -2.51. The van der Waals surface area contributed by atoms with E-state index in [1.54, 1.807) is 14.0 Å². The molecule has 1 heterocycles. The van der Waals surface area contributed by atoms with Gasteiger partial charge in [-0.1, -0.05) is 19.3 Å². The maximum absolute atomic E-state index is 12.4. The second-order valence-corrected chi connectivity index (χ2v) is 7.90. The number of carbonyl (C=O) groups excluding carboxylic acids is 2. The van der Waals surface area contributed by atoms with Gasteiger partial charge in [-0.15, -0.1) is 0 Å². The van der Waals surface area contributed by atoms with Crippen molar-refractivity contribution in [2.45, 2.75) is 64.3 Å². The van der Waals surface area contributed by atoms with E-state index in [-0.39, 0.29) is 17.2 Å². The van der Waals surface area contributed by atoms with Gasteiger partial charge in [-0.25, -0.2) is 0 Å². The average molecular weight is 354 g/mol. The van der Waals surface area contributed by atoms with Crippen LogP contribution in [0.3, 0.4) is 0 Å². The van der Waals surface area contributed by atoms with Gasteiger partial charge in [-0.3, -0.25) is 9.59 Å². The third-order valence-corrected chi connectivity index (χ3v) is 5.72. The molecule has 2 fully saturated rings. The van der Waals surface area contributed by atoms with Gasteiger partial charge in [0.15, 0.2) is 0 Å². The van der Waals surface area contributed by atoms with Gasteiger partial charge in [-0.2, -0.15) is 0 Å². The van der Waals surface area contributed by atoms with Crippen LogP contribution in [0.4, 0.5) is 0 Å². The maximum atomic E-state index is 12.4. The molecule has 1 aliphatic carbocycles. The first-order chi connectivity index (χ1) is 12.0. The Labute approximate surface area is 151 Å². The molecule has 144 valence electrons. The highest BCUT2D eigenvalue weighted by Crippen LogP contribution is 2.28. The zero-order chi connectivity index (χ0) is 18.1. The predicted molar refractivity (Wildman–Crippen MR) is 98.2 cm³/mol. The Hall–Kier alpha value is -1.14. The minimum absolute atomic E-state index is 0.00147. The van der Waals surface area contributed by atoms with Crippen molar-refractivity contribution >= 4 is 11.8 Å². The number of ether oxygens (including phenoxy) is 1. The summed E-state index contributed by atoms with van der Waals surface area (Å²) in [5.74, 6) is 0.387. The third kappa shape index (κ3) is 6.59. The van der Waals surface area contributed by atoms with Crippen molar-refractivity contribution in [1.29, 1.82) is 0 Å². The lowest BCUT2D eigenvalue weighted by atomic mass is 9.79. The average Bonchev–Trinajstić information content (AvgIpc) is 2.61. The number of hydrogen-bond acceptors (Lipinski definition) is 4. The zero-order valence-corrected chi connectivity index (χ0v) is 15.9. The van der Waals surface area contributed by atoms with Gasteiger partial charge in [0.2, 0.25) is 11.8 Å². The van der Waals surface area contributed by atoms with Gasteiger partial charge in [0.05, 0.1) is 6.61 Å². The lowest BCUT2D eigenvalue weighted by Gasteiger charge is -2.37. The lowest BCUT2D eigenvalue weighted by molar-refractivity contribution is -0.129. The number of carbonyl (C=O) groups is 2. The van der Waals surface area contributed by atoms with Crippen LogP contribution in [0.2, 0.25) is 0 Å². The number of hydrogen-bond donors (Lipinski definition) is 3. The summed E-state index contributed by atoms with van der Waals surface area (Å²) in [5.41, 5.74) is 0.00147. The largest absolute Gasteiger partial charge is 0.384 e. The van der Waals surface area contributed by atoms with Gasteiger partial charge in [0, 0.05) is 25.5 Å². The molecule has 3 N–H and O–H groups in total. The Balaban J connectivity index is 1.73. The first-order valence-corrected chi connectivity index (χ1v) is 9.81. The van der Waals surface area contributed by atoms with Gasteiger partial charge in [0.25, 0.3) is 0 Å². The molecule has 6 nitrogen and oxygen atoms in total. The topological polar surface area (TPSA) is 79.5 Å². The van der Waals surface area contributed by atoms with Crippen LogP contribution in [0, 0.1) is 11.3 Å². The molecule has 0 spiro atoms. The Bertz CT molecular complexity index is 424. The minimum atomic E-state index is -0.489. The monoisotopic (exact) mass is 353 g/mol. The van der Waals surface area contributed by atoms with Crippen LogP contribution in [0.15, 0.2) is 0 Å². The molecule has 1 atom stereocenters. The smallest absolute Gasteiger partial charge is 0.242 e. The SMILES string of the molecule is COCC1(CNC(=O)C(C)NC(=O)CC2CCCCC2)CCNCC1. The van der Waals surface area contributed by atoms with Crippen LogP contribution in [0.1, 0.15) is 58.3 Å².